The molecule has 1 fully saturated rings. The molecule has 0 bridgehead atoms. The summed E-state index contributed by atoms with van der Waals surface area (Å²) in [5.74, 6) is -0.494. The van der Waals surface area contributed by atoms with Crippen LogP contribution in [0.5, 0.6) is 0 Å². The number of nitrogens with two attached hydrogens (primary N) is 2. The minimum atomic E-state index is -0.585. The zero-order valence-corrected chi connectivity index (χ0v) is 7.92. The number of nitrogen functional groups attached to an aromatic ring is 1. The normalized spacial score (nSPS) is 21.6. The Hall–Kier alpha value is -1.83. The van der Waals surface area contributed by atoms with Crippen molar-refractivity contribution in [1.29, 1.82) is 0 Å². The van der Waals surface area contributed by atoms with E-state index in [1.165, 1.54) is 0 Å². The van der Waals surface area contributed by atoms with Crippen molar-refractivity contribution in [3.8, 4) is 0 Å². The van der Waals surface area contributed by atoms with Crippen LogP contribution < -0.4 is 16.4 Å². The van der Waals surface area contributed by atoms with Crippen LogP contribution in [0.4, 0.5) is 12.0 Å². The molecule has 8 nitrogen and oxygen atoms in total. The largest absolute Gasteiger partial charge is 0.390 e. The maximum absolute atomic E-state index is 11.1. The number of rotatable bonds is 2. The van der Waals surface area contributed by atoms with Crippen LogP contribution >= 0.6 is 0 Å². The van der Waals surface area contributed by atoms with E-state index >= 15 is 0 Å². The van der Waals surface area contributed by atoms with Gasteiger partial charge in [-0.25, -0.2) is 0 Å². The summed E-state index contributed by atoms with van der Waals surface area (Å²) >= 11 is 0. The number of primary amides is 1. The molecule has 15 heavy (non-hydrogen) atoms. The predicted octanol–water partition coefficient (Wildman–Crippen LogP) is -1.66. The molecule has 1 amide bonds. The molecule has 2 rings (SSSR count). The van der Waals surface area contributed by atoms with Crippen molar-refractivity contribution < 1.29 is 13.9 Å². The van der Waals surface area contributed by atoms with E-state index in [1.807, 2.05) is 0 Å². The summed E-state index contributed by atoms with van der Waals surface area (Å²) < 4.78 is 10.2. The molecule has 4 N–H and O–H groups in total. The summed E-state index contributed by atoms with van der Waals surface area (Å²) in [6, 6.07) is -0.432. The lowest BCUT2D eigenvalue weighted by Gasteiger charge is -2.31. The second kappa shape index (κ2) is 3.73. The molecule has 0 spiro atoms. The smallest absolute Gasteiger partial charge is 0.320 e. The Labute approximate surface area is 85.2 Å². The first-order chi connectivity index (χ1) is 7.18. The van der Waals surface area contributed by atoms with E-state index in [4.69, 9.17) is 20.6 Å². The van der Waals surface area contributed by atoms with Gasteiger partial charge in [-0.3, -0.25) is 4.79 Å². The fourth-order valence-corrected chi connectivity index (χ4v) is 1.41. The molecule has 1 saturated heterocycles. The fraction of sp³-hybridized carbons (Fsp3) is 0.571. The molecule has 8 heteroatoms. The Kier molecular flexibility index (Phi) is 2.42. The number of carbonyl (C=O) groups is 1. The van der Waals surface area contributed by atoms with Gasteiger partial charge >= 0.3 is 12.0 Å². The Morgan fingerprint density at radius 2 is 2.33 bits per heavy atom. The molecule has 2 heterocycles. The number of amides is 1. The number of ether oxygens (including phenoxy) is 1. The zero-order valence-electron chi connectivity index (χ0n) is 7.92. The molecule has 82 valence electrons. The molecule has 1 aromatic rings. The van der Waals surface area contributed by atoms with Crippen LogP contribution in [0.1, 0.15) is 0 Å². The van der Waals surface area contributed by atoms with Crippen molar-refractivity contribution in [2.45, 2.75) is 6.04 Å². The van der Waals surface area contributed by atoms with Gasteiger partial charge in [0.2, 0.25) is 5.91 Å². The van der Waals surface area contributed by atoms with Crippen LogP contribution in [-0.4, -0.2) is 41.9 Å². The molecule has 0 aliphatic carbocycles. The van der Waals surface area contributed by atoms with E-state index in [9.17, 15) is 4.79 Å². The lowest BCUT2D eigenvalue weighted by molar-refractivity contribution is -0.121. The van der Waals surface area contributed by atoms with Gasteiger partial charge in [0.15, 0.2) is 0 Å². The highest BCUT2D eigenvalue weighted by Gasteiger charge is 2.31. The van der Waals surface area contributed by atoms with Gasteiger partial charge in [-0.15, -0.1) is 0 Å². The van der Waals surface area contributed by atoms with Crippen LogP contribution in [0.3, 0.4) is 0 Å². The highest BCUT2D eigenvalue weighted by atomic mass is 16.5. The monoisotopic (exact) mass is 213 g/mol. The third kappa shape index (κ3) is 1.84. The number of carbonyl (C=O) groups excluding carboxylic acids is 1. The molecule has 1 aliphatic rings. The van der Waals surface area contributed by atoms with Crippen LogP contribution in [-0.2, 0) is 9.53 Å². The van der Waals surface area contributed by atoms with Crippen LogP contribution in [0.25, 0.3) is 0 Å². The molecule has 1 aromatic heterocycles. The van der Waals surface area contributed by atoms with Gasteiger partial charge in [-0.2, -0.15) is 0 Å². The predicted molar refractivity (Wildman–Crippen MR) is 49.9 cm³/mol. The topological polar surface area (TPSA) is 121 Å². The quantitative estimate of drug-likeness (QED) is 0.603. The fourth-order valence-electron chi connectivity index (χ4n) is 1.41. The second-order valence-electron chi connectivity index (χ2n) is 3.11. The second-order valence-corrected chi connectivity index (χ2v) is 3.11. The first-order valence-electron chi connectivity index (χ1n) is 4.41. The van der Waals surface area contributed by atoms with Crippen molar-refractivity contribution in [3.05, 3.63) is 0 Å². The highest BCUT2D eigenvalue weighted by molar-refractivity contribution is 5.83. The maximum Gasteiger partial charge on any atom is 0.320 e. The first-order valence-corrected chi connectivity index (χ1v) is 4.41. The number of aromatic nitrogens is 2. The molecule has 0 radical (unpaired) electrons. The molecule has 0 saturated carbocycles. The van der Waals surface area contributed by atoms with Crippen LogP contribution in [0.2, 0.25) is 0 Å². The van der Waals surface area contributed by atoms with Gasteiger partial charge in [-0.1, -0.05) is 10.2 Å². The Morgan fingerprint density at radius 3 is 2.93 bits per heavy atom. The standard InChI is InChI=1S/C7H11N5O3/c8-5(13)4-3-14-2-1-12(4)7-11-10-6(9)15-7/h4H,1-3H2,(H2,8,13)(H2,9,10). The summed E-state index contributed by atoms with van der Waals surface area (Å²) in [5, 5.41) is 7.21. The molecule has 0 aromatic carbocycles. The van der Waals surface area contributed by atoms with Gasteiger partial charge in [0, 0.05) is 6.54 Å². The summed E-state index contributed by atoms with van der Waals surface area (Å²) in [6.45, 7) is 1.17. The van der Waals surface area contributed by atoms with Gasteiger partial charge in [0.25, 0.3) is 0 Å². The van der Waals surface area contributed by atoms with Crippen molar-refractivity contribution >= 4 is 17.9 Å². The van der Waals surface area contributed by atoms with Crippen LogP contribution in [0.15, 0.2) is 4.42 Å². The number of nitrogens with zero attached hydrogens (tertiary/aromatic N) is 3. The van der Waals surface area contributed by atoms with Gasteiger partial charge < -0.3 is 25.5 Å². The zero-order chi connectivity index (χ0) is 10.8. The first kappa shape index (κ1) is 9.71. The van der Waals surface area contributed by atoms with E-state index in [-0.39, 0.29) is 18.6 Å². The van der Waals surface area contributed by atoms with Crippen molar-refractivity contribution in [1.82, 2.24) is 10.2 Å². The van der Waals surface area contributed by atoms with Crippen molar-refractivity contribution in [3.63, 3.8) is 0 Å². The minimum absolute atomic E-state index is 0.0419. The summed E-state index contributed by atoms with van der Waals surface area (Å²) in [4.78, 5) is 12.7. The SMILES string of the molecule is NC(=O)C1COCCN1c1nnc(N)o1. The molecule has 1 aliphatic heterocycles. The average Bonchev–Trinajstić information content (AvgIpc) is 2.65. The number of hydrogen-bond acceptors (Lipinski definition) is 7. The van der Waals surface area contributed by atoms with Gasteiger partial charge in [0.1, 0.15) is 6.04 Å². The highest BCUT2D eigenvalue weighted by Crippen LogP contribution is 2.18. The minimum Gasteiger partial charge on any atom is -0.390 e. The molecule has 1 unspecified atom stereocenters. The van der Waals surface area contributed by atoms with Crippen molar-refractivity contribution in [2.24, 2.45) is 5.73 Å². The maximum atomic E-state index is 11.1. The average molecular weight is 213 g/mol. The van der Waals surface area contributed by atoms with E-state index in [0.717, 1.165) is 0 Å². The van der Waals surface area contributed by atoms with Crippen molar-refractivity contribution in [2.75, 3.05) is 30.4 Å². The van der Waals surface area contributed by atoms with Gasteiger partial charge in [-0.05, 0) is 0 Å². The summed E-state index contributed by atoms with van der Waals surface area (Å²) in [7, 11) is 0. The number of hydrogen-bond donors (Lipinski definition) is 2. The third-order valence-electron chi connectivity index (χ3n) is 2.13. The number of anilines is 2. The van der Waals surface area contributed by atoms with Crippen LogP contribution in [0, 0.1) is 0 Å². The summed E-state index contributed by atoms with van der Waals surface area (Å²) in [5.41, 5.74) is 10.5. The van der Waals surface area contributed by atoms with E-state index < -0.39 is 11.9 Å². The lowest BCUT2D eigenvalue weighted by Crippen LogP contribution is -2.52. The molecular formula is C7H11N5O3. The Morgan fingerprint density at radius 1 is 1.53 bits per heavy atom. The van der Waals surface area contributed by atoms with E-state index in [1.54, 1.807) is 4.90 Å². The summed E-state index contributed by atoms with van der Waals surface area (Å²) in [6.07, 6.45) is 0. The third-order valence-corrected chi connectivity index (χ3v) is 2.13. The number of morpholine rings is 1. The lowest BCUT2D eigenvalue weighted by atomic mass is 10.2. The Balaban J connectivity index is 2.21. The van der Waals surface area contributed by atoms with Gasteiger partial charge in [0.05, 0.1) is 13.2 Å². The molecule has 1 atom stereocenters. The van der Waals surface area contributed by atoms with E-state index in [2.05, 4.69) is 10.2 Å². The van der Waals surface area contributed by atoms with E-state index in [0.29, 0.717) is 13.2 Å². The Bertz CT molecular complexity index is 365. The molecular weight excluding hydrogens is 202 g/mol.